The molecule has 0 bridgehead atoms. The second kappa shape index (κ2) is 9.27. The van der Waals surface area contributed by atoms with Gasteiger partial charge in [-0.25, -0.2) is 4.98 Å². The minimum Gasteiger partial charge on any atom is -0.459 e. The van der Waals surface area contributed by atoms with Gasteiger partial charge in [0.05, 0.1) is 12.0 Å². The van der Waals surface area contributed by atoms with E-state index < -0.39 is 5.91 Å². The summed E-state index contributed by atoms with van der Waals surface area (Å²) in [7, 11) is 0. The number of nitrogens with zero attached hydrogens (tertiary/aromatic N) is 1. The number of furan rings is 1. The lowest BCUT2D eigenvalue weighted by Crippen LogP contribution is -2.14. The quantitative estimate of drug-likeness (QED) is 0.391. The van der Waals surface area contributed by atoms with Crippen molar-refractivity contribution in [1.82, 2.24) is 4.98 Å². The van der Waals surface area contributed by atoms with E-state index in [9.17, 15) is 14.4 Å². The molecule has 0 fully saturated rings. The Bertz CT molecular complexity index is 1260. The van der Waals surface area contributed by atoms with Crippen molar-refractivity contribution in [2.75, 3.05) is 16.0 Å². The van der Waals surface area contributed by atoms with Crippen LogP contribution in [0.25, 0.3) is 11.3 Å². The van der Waals surface area contributed by atoms with Crippen LogP contribution in [0.5, 0.6) is 0 Å². The Balaban J connectivity index is 1.42. The minimum absolute atomic E-state index is 0.138. The smallest absolute Gasteiger partial charge is 0.291 e. The van der Waals surface area contributed by atoms with E-state index >= 15 is 0 Å². The van der Waals surface area contributed by atoms with E-state index in [4.69, 9.17) is 4.42 Å². The second-order valence-corrected chi connectivity index (χ2v) is 7.62. The molecule has 2 aromatic heterocycles. The summed E-state index contributed by atoms with van der Waals surface area (Å²) in [5.74, 6) is -0.705. The molecule has 0 aliphatic heterocycles. The predicted octanol–water partition coefficient (Wildman–Crippen LogP) is 4.87. The van der Waals surface area contributed by atoms with Crippen molar-refractivity contribution in [3.63, 3.8) is 0 Å². The van der Waals surface area contributed by atoms with Crippen molar-refractivity contribution < 1.29 is 18.8 Å². The molecule has 0 aliphatic rings. The Morgan fingerprint density at radius 1 is 0.875 bits per heavy atom. The summed E-state index contributed by atoms with van der Waals surface area (Å²) in [5, 5.41) is 10.5. The van der Waals surface area contributed by atoms with Gasteiger partial charge in [-0.1, -0.05) is 18.2 Å². The van der Waals surface area contributed by atoms with E-state index in [1.165, 1.54) is 24.5 Å². The van der Waals surface area contributed by atoms with Crippen LogP contribution in [0.2, 0.25) is 0 Å². The molecule has 0 atom stereocenters. The Morgan fingerprint density at radius 2 is 1.69 bits per heavy atom. The van der Waals surface area contributed by atoms with Crippen molar-refractivity contribution in [2.45, 2.75) is 6.92 Å². The van der Waals surface area contributed by atoms with Gasteiger partial charge in [0.25, 0.3) is 11.8 Å². The lowest BCUT2D eigenvalue weighted by Gasteiger charge is -2.06. The number of rotatable bonds is 6. The molecule has 2 heterocycles. The first-order valence-corrected chi connectivity index (χ1v) is 10.5. The summed E-state index contributed by atoms with van der Waals surface area (Å²) in [6.07, 6.45) is 1.42. The molecule has 4 rings (SSSR count). The lowest BCUT2D eigenvalue weighted by molar-refractivity contribution is -0.114. The first kappa shape index (κ1) is 21.0. The molecule has 32 heavy (non-hydrogen) atoms. The highest BCUT2D eigenvalue weighted by molar-refractivity contribution is 7.14. The van der Waals surface area contributed by atoms with Gasteiger partial charge in [-0.15, -0.1) is 11.3 Å². The third-order valence-corrected chi connectivity index (χ3v) is 5.11. The van der Waals surface area contributed by atoms with Crippen LogP contribution >= 0.6 is 11.3 Å². The van der Waals surface area contributed by atoms with Gasteiger partial charge < -0.3 is 15.1 Å². The molecule has 0 spiro atoms. The largest absolute Gasteiger partial charge is 0.459 e. The van der Waals surface area contributed by atoms with Crippen LogP contribution in [0.4, 0.5) is 16.5 Å². The van der Waals surface area contributed by atoms with E-state index in [2.05, 4.69) is 20.9 Å². The van der Waals surface area contributed by atoms with Crippen molar-refractivity contribution in [1.29, 1.82) is 0 Å². The summed E-state index contributed by atoms with van der Waals surface area (Å²) >= 11 is 1.30. The number of hydrogen-bond acceptors (Lipinski definition) is 6. The number of nitrogens with one attached hydrogen (secondary N) is 3. The van der Waals surface area contributed by atoms with Crippen molar-refractivity contribution in [3.05, 3.63) is 83.6 Å². The first-order chi connectivity index (χ1) is 15.5. The van der Waals surface area contributed by atoms with Crippen molar-refractivity contribution >= 4 is 45.6 Å². The Labute approximate surface area is 187 Å². The number of amides is 3. The molecule has 0 saturated carbocycles. The van der Waals surface area contributed by atoms with Crippen LogP contribution < -0.4 is 16.0 Å². The summed E-state index contributed by atoms with van der Waals surface area (Å²) in [5.41, 5.74) is 3.11. The van der Waals surface area contributed by atoms with E-state index in [0.717, 1.165) is 5.56 Å². The first-order valence-electron chi connectivity index (χ1n) is 9.58. The number of benzene rings is 2. The van der Waals surface area contributed by atoms with Crippen LogP contribution in [0, 0.1) is 0 Å². The summed E-state index contributed by atoms with van der Waals surface area (Å²) < 4.78 is 5.07. The van der Waals surface area contributed by atoms with Crippen molar-refractivity contribution in [2.24, 2.45) is 0 Å². The number of carbonyl (C=O) groups excluding carboxylic acids is 3. The van der Waals surface area contributed by atoms with Gasteiger partial charge in [0.15, 0.2) is 10.9 Å². The molecule has 9 heteroatoms. The van der Waals surface area contributed by atoms with Crippen LogP contribution in [0.3, 0.4) is 0 Å². The summed E-state index contributed by atoms with van der Waals surface area (Å²) in [6, 6.07) is 17.0. The molecular formula is C23H18N4O4S. The van der Waals surface area contributed by atoms with Gasteiger partial charge in [-0.3, -0.25) is 19.7 Å². The third kappa shape index (κ3) is 5.08. The molecule has 4 aromatic rings. The highest BCUT2D eigenvalue weighted by Crippen LogP contribution is 2.26. The zero-order chi connectivity index (χ0) is 22.5. The molecule has 0 radical (unpaired) electrons. The Hall–Kier alpha value is -4.24. The fourth-order valence-corrected chi connectivity index (χ4v) is 3.61. The highest BCUT2D eigenvalue weighted by Gasteiger charge is 2.13. The van der Waals surface area contributed by atoms with Gasteiger partial charge in [0.2, 0.25) is 5.91 Å². The molecule has 0 unspecified atom stereocenters. The molecule has 0 aliphatic carbocycles. The van der Waals surface area contributed by atoms with Gasteiger partial charge in [-0.2, -0.15) is 0 Å². The normalized spacial score (nSPS) is 10.4. The summed E-state index contributed by atoms with van der Waals surface area (Å²) in [4.78, 5) is 40.4. The maximum atomic E-state index is 12.7. The summed E-state index contributed by atoms with van der Waals surface area (Å²) in [6.45, 7) is 1.45. The maximum absolute atomic E-state index is 12.7. The molecule has 160 valence electrons. The number of anilines is 3. The minimum atomic E-state index is -0.401. The molecule has 3 N–H and O–H groups in total. The van der Waals surface area contributed by atoms with Gasteiger partial charge in [0.1, 0.15) is 0 Å². The average molecular weight is 446 g/mol. The number of carbonyl (C=O) groups is 3. The molecule has 0 saturated heterocycles. The van der Waals surface area contributed by atoms with Gasteiger partial charge in [-0.05, 0) is 42.5 Å². The molecule has 2 aromatic carbocycles. The van der Waals surface area contributed by atoms with Gasteiger partial charge >= 0.3 is 0 Å². The van der Waals surface area contributed by atoms with Crippen LogP contribution in [0.15, 0.2) is 76.7 Å². The standard InChI is InChI=1S/C23H18N4O4S/c1-14(28)24-17-9-7-15(8-10-17)19-13-32-23(26-19)27-21(29)16-4-2-5-18(12-16)25-22(30)20-6-3-11-31-20/h2-13H,1H3,(H,24,28)(H,25,30)(H,26,27,29). The lowest BCUT2D eigenvalue weighted by atomic mass is 10.1. The highest BCUT2D eigenvalue weighted by atomic mass is 32.1. The molecule has 3 amide bonds. The number of aromatic nitrogens is 1. The topological polar surface area (TPSA) is 113 Å². The number of hydrogen-bond donors (Lipinski definition) is 3. The zero-order valence-electron chi connectivity index (χ0n) is 16.9. The Morgan fingerprint density at radius 3 is 2.41 bits per heavy atom. The monoisotopic (exact) mass is 446 g/mol. The Kier molecular flexibility index (Phi) is 6.09. The fraction of sp³-hybridized carbons (Fsp3) is 0.0435. The third-order valence-electron chi connectivity index (χ3n) is 4.35. The van der Waals surface area contributed by atoms with Crippen molar-refractivity contribution in [3.8, 4) is 11.3 Å². The van der Waals surface area contributed by atoms with E-state index in [-0.39, 0.29) is 17.6 Å². The predicted molar refractivity (Wildman–Crippen MR) is 123 cm³/mol. The molecular weight excluding hydrogens is 428 g/mol. The fourth-order valence-electron chi connectivity index (χ4n) is 2.90. The maximum Gasteiger partial charge on any atom is 0.291 e. The van der Waals surface area contributed by atoms with Crippen LogP contribution in [-0.4, -0.2) is 22.7 Å². The SMILES string of the molecule is CC(=O)Nc1ccc(-c2csc(NC(=O)c3cccc(NC(=O)c4ccco4)c3)n2)cc1. The van der Waals surface area contributed by atoms with Gasteiger partial charge in [0, 0.05) is 34.8 Å². The second-order valence-electron chi connectivity index (χ2n) is 6.76. The number of thiazole rings is 1. The van der Waals surface area contributed by atoms with E-state index in [1.54, 1.807) is 48.5 Å². The van der Waals surface area contributed by atoms with E-state index in [1.807, 2.05) is 17.5 Å². The average Bonchev–Trinajstić information content (AvgIpc) is 3.47. The van der Waals surface area contributed by atoms with Crippen LogP contribution in [-0.2, 0) is 4.79 Å². The van der Waals surface area contributed by atoms with E-state index in [0.29, 0.717) is 27.8 Å². The zero-order valence-corrected chi connectivity index (χ0v) is 17.7. The molecule has 8 nitrogen and oxygen atoms in total. The van der Waals surface area contributed by atoms with Crippen LogP contribution in [0.1, 0.15) is 27.8 Å².